The first-order valence-corrected chi connectivity index (χ1v) is 8.09. The molecule has 3 N–H and O–H groups in total. The van der Waals surface area contributed by atoms with Gasteiger partial charge in [0.25, 0.3) is 0 Å². The van der Waals surface area contributed by atoms with Crippen molar-refractivity contribution in [2.45, 2.75) is 20.4 Å². The van der Waals surface area contributed by atoms with Gasteiger partial charge < -0.3 is 11.2 Å². The normalized spacial score (nSPS) is 10.6. The molecule has 0 saturated carbocycles. The maximum absolute atomic E-state index is 12.4. The first-order valence-electron chi connectivity index (χ1n) is 7.68. The maximum Gasteiger partial charge on any atom is 0.246 e. The summed E-state index contributed by atoms with van der Waals surface area (Å²) in [7, 11) is 0. The second-order valence-electron chi connectivity index (χ2n) is 5.74. The molecule has 0 aliphatic heterocycles. The van der Waals surface area contributed by atoms with E-state index in [-0.39, 0.29) is 17.2 Å². The fourth-order valence-electron chi connectivity index (χ4n) is 2.42. The van der Waals surface area contributed by atoms with Crippen molar-refractivity contribution in [3.63, 3.8) is 0 Å². The molecular weight excluding hydrogens is 336 g/mol. The molecule has 2 aromatic heterocycles. The Morgan fingerprint density at radius 3 is 2.68 bits per heavy atom. The Balaban J connectivity index is 1.83. The molecule has 1 amide bonds. The number of anilines is 1. The summed E-state index contributed by atoms with van der Waals surface area (Å²) in [6.07, 6.45) is 3.29. The minimum absolute atomic E-state index is 0.0193. The van der Waals surface area contributed by atoms with Crippen LogP contribution in [0.5, 0.6) is 0 Å². The van der Waals surface area contributed by atoms with Crippen LogP contribution in [0.3, 0.4) is 0 Å². The maximum atomic E-state index is 12.4. The summed E-state index contributed by atoms with van der Waals surface area (Å²) in [5.74, 6) is 6.25. The van der Waals surface area contributed by atoms with Crippen LogP contribution in [-0.2, 0) is 11.3 Å². The molecule has 1 aromatic carbocycles. The summed E-state index contributed by atoms with van der Waals surface area (Å²) in [5, 5.41) is 7.25. The van der Waals surface area contributed by atoms with Crippen molar-refractivity contribution in [1.82, 2.24) is 19.4 Å². The number of amides is 1. The first kappa shape index (κ1) is 16.8. The van der Waals surface area contributed by atoms with E-state index in [1.165, 1.54) is 9.36 Å². The topological polar surface area (TPSA) is 90.8 Å². The molecule has 0 spiro atoms. The lowest BCUT2D eigenvalue weighted by atomic mass is 10.1. The van der Waals surface area contributed by atoms with E-state index < -0.39 is 0 Å². The van der Waals surface area contributed by atoms with Gasteiger partial charge >= 0.3 is 0 Å². The SMILES string of the molecule is Cc1ccc(C)c(NC(=O)Cn2nc(-c3ccncc3)n(N)c2=S)c1. The van der Waals surface area contributed by atoms with Gasteiger partial charge in [-0.15, -0.1) is 5.10 Å². The minimum atomic E-state index is -0.218. The summed E-state index contributed by atoms with van der Waals surface area (Å²) < 4.78 is 2.96. The second-order valence-corrected chi connectivity index (χ2v) is 6.10. The summed E-state index contributed by atoms with van der Waals surface area (Å²) in [4.78, 5) is 16.3. The fourth-order valence-corrected chi connectivity index (χ4v) is 2.61. The third-order valence-corrected chi connectivity index (χ3v) is 4.18. The summed E-state index contributed by atoms with van der Waals surface area (Å²) in [5.41, 5.74) is 3.61. The highest BCUT2D eigenvalue weighted by Crippen LogP contribution is 2.17. The van der Waals surface area contributed by atoms with E-state index in [2.05, 4.69) is 15.4 Å². The first-order chi connectivity index (χ1) is 12.0. The average Bonchev–Trinajstić information content (AvgIpc) is 2.87. The number of hydrogen-bond acceptors (Lipinski definition) is 5. The van der Waals surface area contributed by atoms with Crippen molar-refractivity contribution >= 4 is 23.8 Å². The van der Waals surface area contributed by atoms with Gasteiger partial charge in [-0.1, -0.05) is 12.1 Å². The fraction of sp³-hybridized carbons (Fsp3) is 0.176. The number of hydrogen-bond donors (Lipinski definition) is 2. The molecule has 128 valence electrons. The second kappa shape index (κ2) is 6.86. The molecule has 3 aromatic rings. The van der Waals surface area contributed by atoms with Crippen LogP contribution in [0.1, 0.15) is 11.1 Å². The number of nitrogens with zero attached hydrogens (tertiary/aromatic N) is 4. The van der Waals surface area contributed by atoms with Crippen LogP contribution in [0.2, 0.25) is 0 Å². The Kier molecular flexibility index (Phi) is 4.62. The van der Waals surface area contributed by atoms with Crippen LogP contribution in [0.25, 0.3) is 11.4 Å². The molecule has 0 atom stereocenters. The van der Waals surface area contributed by atoms with Gasteiger partial charge in [0.1, 0.15) is 6.54 Å². The van der Waals surface area contributed by atoms with E-state index >= 15 is 0 Å². The van der Waals surface area contributed by atoms with Crippen LogP contribution < -0.4 is 11.2 Å². The molecule has 8 heteroatoms. The molecule has 0 fully saturated rings. The largest absolute Gasteiger partial charge is 0.335 e. The molecule has 0 aliphatic rings. The highest BCUT2D eigenvalue weighted by Gasteiger charge is 2.13. The van der Waals surface area contributed by atoms with Crippen molar-refractivity contribution in [2.24, 2.45) is 0 Å². The Morgan fingerprint density at radius 2 is 1.96 bits per heavy atom. The number of carbonyl (C=O) groups is 1. The Morgan fingerprint density at radius 1 is 1.24 bits per heavy atom. The zero-order chi connectivity index (χ0) is 18.0. The van der Waals surface area contributed by atoms with Gasteiger partial charge in [0.05, 0.1) is 0 Å². The quantitative estimate of drug-likeness (QED) is 0.555. The van der Waals surface area contributed by atoms with E-state index in [4.69, 9.17) is 18.1 Å². The molecule has 7 nitrogen and oxygen atoms in total. The number of nitrogens with one attached hydrogen (secondary N) is 1. The number of pyridine rings is 1. The zero-order valence-electron chi connectivity index (χ0n) is 13.9. The number of nitrogen functional groups attached to an aromatic ring is 1. The standard InChI is InChI=1S/C17H18N6OS/c1-11-3-4-12(2)14(9-11)20-15(24)10-22-17(25)23(18)16(21-22)13-5-7-19-8-6-13/h3-9H,10,18H2,1-2H3,(H,20,24). The van der Waals surface area contributed by atoms with Crippen molar-refractivity contribution in [3.05, 3.63) is 58.6 Å². The molecule has 0 saturated heterocycles. The van der Waals surface area contributed by atoms with Crippen molar-refractivity contribution < 1.29 is 4.79 Å². The van der Waals surface area contributed by atoms with E-state index in [9.17, 15) is 4.79 Å². The number of aromatic nitrogens is 4. The summed E-state index contributed by atoms with van der Waals surface area (Å²) in [6.45, 7) is 3.90. The van der Waals surface area contributed by atoms with E-state index in [1.807, 2.05) is 32.0 Å². The van der Waals surface area contributed by atoms with Crippen molar-refractivity contribution in [3.8, 4) is 11.4 Å². The van der Waals surface area contributed by atoms with Crippen LogP contribution >= 0.6 is 12.2 Å². The van der Waals surface area contributed by atoms with E-state index in [0.717, 1.165) is 22.4 Å². The zero-order valence-corrected chi connectivity index (χ0v) is 14.7. The smallest absolute Gasteiger partial charge is 0.246 e. The number of carbonyl (C=O) groups excluding carboxylic acids is 1. The predicted molar refractivity (Wildman–Crippen MR) is 99.0 cm³/mol. The van der Waals surface area contributed by atoms with Gasteiger partial charge in [-0.2, -0.15) is 0 Å². The highest BCUT2D eigenvalue weighted by atomic mass is 32.1. The number of aryl methyl sites for hydroxylation is 2. The molecule has 0 radical (unpaired) electrons. The van der Waals surface area contributed by atoms with Crippen LogP contribution in [-0.4, -0.2) is 25.3 Å². The number of benzene rings is 1. The van der Waals surface area contributed by atoms with Crippen LogP contribution in [0.15, 0.2) is 42.7 Å². The van der Waals surface area contributed by atoms with Crippen LogP contribution in [0.4, 0.5) is 5.69 Å². The van der Waals surface area contributed by atoms with Gasteiger partial charge in [-0.3, -0.25) is 9.78 Å². The van der Waals surface area contributed by atoms with Gasteiger partial charge in [0, 0.05) is 23.6 Å². The third-order valence-electron chi connectivity index (χ3n) is 3.77. The monoisotopic (exact) mass is 354 g/mol. The molecule has 0 unspecified atom stereocenters. The van der Waals surface area contributed by atoms with Gasteiger partial charge in [-0.25, -0.2) is 9.36 Å². The summed E-state index contributed by atoms with van der Waals surface area (Å²) in [6, 6.07) is 9.45. The molecular formula is C17H18N6OS. The van der Waals surface area contributed by atoms with Gasteiger partial charge in [0.2, 0.25) is 10.7 Å². The Hall–Kier alpha value is -3.00. The Labute approximate surface area is 150 Å². The van der Waals surface area contributed by atoms with Crippen LogP contribution in [0, 0.1) is 18.6 Å². The Bertz CT molecular complexity index is 977. The number of nitrogens with two attached hydrogens (primary N) is 1. The van der Waals surface area contributed by atoms with E-state index in [0.29, 0.717) is 5.82 Å². The van der Waals surface area contributed by atoms with Crippen molar-refractivity contribution in [2.75, 3.05) is 11.2 Å². The molecule has 0 aliphatic carbocycles. The highest BCUT2D eigenvalue weighted by molar-refractivity contribution is 7.71. The summed E-state index contributed by atoms with van der Waals surface area (Å²) >= 11 is 5.29. The van der Waals surface area contributed by atoms with Crippen molar-refractivity contribution in [1.29, 1.82) is 0 Å². The van der Waals surface area contributed by atoms with Gasteiger partial charge in [0.15, 0.2) is 5.82 Å². The predicted octanol–water partition coefficient (Wildman–Crippen LogP) is 2.45. The van der Waals surface area contributed by atoms with Gasteiger partial charge in [-0.05, 0) is 55.4 Å². The molecule has 3 rings (SSSR count). The molecule has 25 heavy (non-hydrogen) atoms. The van der Waals surface area contributed by atoms with E-state index in [1.54, 1.807) is 24.5 Å². The molecule has 0 bridgehead atoms. The number of rotatable bonds is 4. The lowest BCUT2D eigenvalue weighted by Crippen LogP contribution is -2.20. The minimum Gasteiger partial charge on any atom is -0.335 e. The molecule has 2 heterocycles. The lowest BCUT2D eigenvalue weighted by Gasteiger charge is -2.09. The lowest BCUT2D eigenvalue weighted by molar-refractivity contribution is -0.116. The average molecular weight is 354 g/mol. The third kappa shape index (κ3) is 3.58.